The summed E-state index contributed by atoms with van der Waals surface area (Å²) in [5.74, 6) is -0.333. The fourth-order valence-electron chi connectivity index (χ4n) is 1.12. The van der Waals surface area contributed by atoms with Gasteiger partial charge in [-0.1, -0.05) is 0 Å². The van der Waals surface area contributed by atoms with E-state index in [1.807, 2.05) is 6.92 Å². The van der Waals surface area contributed by atoms with Gasteiger partial charge in [0.25, 0.3) is 0 Å². The second-order valence-corrected chi connectivity index (χ2v) is 5.21. The van der Waals surface area contributed by atoms with Gasteiger partial charge in [-0.05, 0) is 35.0 Å². The van der Waals surface area contributed by atoms with Gasteiger partial charge in [0.1, 0.15) is 11.5 Å². The van der Waals surface area contributed by atoms with Crippen LogP contribution < -0.4 is 0 Å². The maximum absolute atomic E-state index is 12.6. The van der Waals surface area contributed by atoms with Crippen molar-refractivity contribution in [2.24, 2.45) is 0 Å². The number of aromatic nitrogens is 2. The summed E-state index contributed by atoms with van der Waals surface area (Å²) in [4.78, 5) is 9.30. The molecule has 0 saturated carbocycles. The zero-order valence-electron chi connectivity index (χ0n) is 7.29. The Labute approximate surface area is 93.0 Å². The van der Waals surface area contributed by atoms with Gasteiger partial charge in [-0.2, -0.15) is 0 Å². The number of rotatable bonds is 1. The Kier molecular flexibility index (Phi) is 2.60. The molecule has 0 aliphatic heterocycles. The average Bonchev–Trinajstić information content (AvgIpc) is 2.47. The molecule has 2 rings (SSSR count). The average molecular weight is 273 g/mol. The number of halogens is 2. The first kappa shape index (κ1) is 9.73. The summed E-state index contributed by atoms with van der Waals surface area (Å²) in [6.45, 7) is 1.96. The molecule has 0 amide bonds. The van der Waals surface area contributed by atoms with Crippen molar-refractivity contribution in [1.29, 1.82) is 0 Å². The first-order valence-corrected chi connectivity index (χ1v) is 5.52. The predicted molar refractivity (Wildman–Crippen MR) is 57.7 cm³/mol. The van der Waals surface area contributed by atoms with E-state index in [9.17, 15) is 4.39 Å². The molecule has 5 heteroatoms. The summed E-state index contributed by atoms with van der Waals surface area (Å²) in [6.07, 6.45) is 1.20. The van der Waals surface area contributed by atoms with Crippen LogP contribution in [0.2, 0.25) is 0 Å². The van der Waals surface area contributed by atoms with Crippen molar-refractivity contribution in [2.45, 2.75) is 6.92 Å². The maximum Gasteiger partial charge on any atom is 0.160 e. The van der Waals surface area contributed by atoms with Gasteiger partial charge in [-0.25, -0.2) is 9.37 Å². The molecule has 2 aromatic heterocycles. The quantitative estimate of drug-likeness (QED) is 0.795. The highest BCUT2D eigenvalue weighted by Crippen LogP contribution is 2.28. The van der Waals surface area contributed by atoms with Gasteiger partial charge in [0.2, 0.25) is 0 Å². The van der Waals surface area contributed by atoms with E-state index in [4.69, 9.17) is 0 Å². The van der Waals surface area contributed by atoms with Gasteiger partial charge >= 0.3 is 0 Å². The molecular weight excluding hydrogens is 267 g/mol. The lowest BCUT2D eigenvalue weighted by Gasteiger charge is -1.96. The normalized spacial score (nSPS) is 10.5. The Hall–Kier alpha value is -0.810. The molecule has 0 fully saturated rings. The van der Waals surface area contributed by atoms with Crippen LogP contribution in [0.5, 0.6) is 0 Å². The third-order valence-corrected chi connectivity index (χ3v) is 3.16. The van der Waals surface area contributed by atoms with E-state index in [2.05, 4.69) is 25.9 Å². The standard InChI is InChI=1S/C9H6BrFN2S/c1-5-8(13-9(10)14-5)7-3-2-6(11)4-12-7/h2-4H,1H3. The number of aryl methyl sites for hydroxylation is 1. The molecule has 0 radical (unpaired) electrons. The smallest absolute Gasteiger partial charge is 0.160 e. The summed E-state index contributed by atoms with van der Waals surface area (Å²) >= 11 is 4.84. The Balaban J connectivity index is 2.49. The maximum atomic E-state index is 12.6. The van der Waals surface area contributed by atoms with Crippen molar-refractivity contribution in [2.75, 3.05) is 0 Å². The molecule has 0 saturated heterocycles. The molecule has 14 heavy (non-hydrogen) atoms. The van der Waals surface area contributed by atoms with Gasteiger partial charge in [-0.15, -0.1) is 11.3 Å². The van der Waals surface area contributed by atoms with Crippen LogP contribution in [0.15, 0.2) is 22.2 Å². The minimum absolute atomic E-state index is 0.333. The number of hydrogen-bond acceptors (Lipinski definition) is 3. The highest BCUT2D eigenvalue weighted by Gasteiger charge is 2.09. The first-order valence-electron chi connectivity index (χ1n) is 3.91. The summed E-state index contributed by atoms with van der Waals surface area (Å²) in [7, 11) is 0. The molecule has 0 atom stereocenters. The Morgan fingerprint density at radius 2 is 2.21 bits per heavy atom. The summed E-state index contributed by atoms with van der Waals surface area (Å²) in [5, 5.41) is 0. The molecule has 2 aromatic rings. The third kappa shape index (κ3) is 1.83. The van der Waals surface area contributed by atoms with Crippen LogP contribution in [0.25, 0.3) is 11.4 Å². The zero-order valence-corrected chi connectivity index (χ0v) is 9.69. The van der Waals surface area contributed by atoms with Crippen molar-refractivity contribution < 1.29 is 4.39 Å². The molecule has 2 nitrogen and oxygen atoms in total. The number of pyridine rings is 1. The second-order valence-electron chi connectivity index (χ2n) is 2.73. The number of hydrogen-bond donors (Lipinski definition) is 0. The predicted octanol–water partition coefficient (Wildman–Crippen LogP) is 3.42. The van der Waals surface area contributed by atoms with Crippen LogP contribution >= 0.6 is 27.3 Å². The molecule has 0 aliphatic carbocycles. The largest absolute Gasteiger partial charge is 0.252 e. The fourth-order valence-corrected chi connectivity index (χ4v) is 2.66. The SMILES string of the molecule is Cc1sc(Br)nc1-c1ccc(F)cn1. The molecule has 0 spiro atoms. The Morgan fingerprint density at radius 3 is 2.71 bits per heavy atom. The van der Waals surface area contributed by atoms with Crippen LogP contribution in [0, 0.1) is 12.7 Å². The second kappa shape index (κ2) is 3.74. The van der Waals surface area contributed by atoms with E-state index in [0.29, 0.717) is 5.69 Å². The van der Waals surface area contributed by atoms with Gasteiger partial charge in [-0.3, -0.25) is 4.98 Å². The van der Waals surface area contributed by atoms with Crippen LogP contribution in [-0.2, 0) is 0 Å². The monoisotopic (exact) mass is 272 g/mol. The molecule has 0 N–H and O–H groups in total. The minimum Gasteiger partial charge on any atom is -0.252 e. The molecule has 0 aliphatic rings. The Morgan fingerprint density at radius 1 is 1.43 bits per heavy atom. The number of thiazole rings is 1. The van der Waals surface area contributed by atoms with E-state index in [1.54, 1.807) is 17.4 Å². The van der Waals surface area contributed by atoms with Crippen molar-refractivity contribution >= 4 is 27.3 Å². The molecule has 2 heterocycles. The topological polar surface area (TPSA) is 25.8 Å². The Bertz CT molecular complexity index is 452. The van der Waals surface area contributed by atoms with Crippen molar-refractivity contribution in [3.05, 3.63) is 32.9 Å². The van der Waals surface area contributed by atoms with Gasteiger partial charge in [0, 0.05) is 4.88 Å². The van der Waals surface area contributed by atoms with Crippen LogP contribution in [0.4, 0.5) is 4.39 Å². The van der Waals surface area contributed by atoms with Crippen molar-refractivity contribution in [3.8, 4) is 11.4 Å². The van der Waals surface area contributed by atoms with E-state index in [1.165, 1.54) is 12.3 Å². The zero-order chi connectivity index (χ0) is 10.1. The van der Waals surface area contributed by atoms with E-state index in [0.717, 1.165) is 14.5 Å². The lowest BCUT2D eigenvalue weighted by Crippen LogP contribution is -1.86. The highest BCUT2D eigenvalue weighted by atomic mass is 79.9. The number of nitrogens with zero attached hydrogens (tertiary/aromatic N) is 2. The van der Waals surface area contributed by atoms with Gasteiger partial charge in [0.05, 0.1) is 11.9 Å². The lowest BCUT2D eigenvalue weighted by atomic mass is 10.2. The summed E-state index contributed by atoms with van der Waals surface area (Å²) in [5.41, 5.74) is 1.51. The molecule has 0 aromatic carbocycles. The van der Waals surface area contributed by atoms with E-state index in [-0.39, 0.29) is 5.82 Å². The van der Waals surface area contributed by atoms with Gasteiger partial charge in [0.15, 0.2) is 3.92 Å². The first-order chi connectivity index (χ1) is 6.66. The van der Waals surface area contributed by atoms with E-state index >= 15 is 0 Å². The molecule has 0 unspecified atom stereocenters. The van der Waals surface area contributed by atoms with Crippen molar-refractivity contribution in [1.82, 2.24) is 9.97 Å². The third-order valence-electron chi connectivity index (χ3n) is 1.74. The van der Waals surface area contributed by atoms with Crippen LogP contribution in [0.3, 0.4) is 0 Å². The van der Waals surface area contributed by atoms with E-state index < -0.39 is 0 Å². The van der Waals surface area contributed by atoms with Crippen LogP contribution in [-0.4, -0.2) is 9.97 Å². The molecule has 72 valence electrons. The van der Waals surface area contributed by atoms with Crippen LogP contribution in [0.1, 0.15) is 4.88 Å². The van der Waals surface area contributed by atoms with Crippen molar-refractivity contribution in [3.63, 3.8) is 0 Å². The van der Waals surface area contributed by atoms with Gasteiger partial charge < -0.3 is 0 Å². The summed E-state index contributed by atoms with van der Waals surface area (Å²) < 4.78 is 13.4. The molecular formula is C9H6BrFN2S. The summed E-state index contributed by atoms with van der Waals surface area (Å²) in [6, 6.07) is 3.01. The molecule has 0 bridgehead atoms. The highest BCUT2D eigenvalue weighted by molar-refractivity contribution is 9.11. The minimum atomic E-state index is -0.333. The lowest BCUT2D eigenvalue weighted by molar-refractivity contribution is 0.622. The fraction of sp³-hybridized carbons (Fsp3) is 0.111.